The van der Waals surface area contributed by atoms with Crippen molar-refractivity contribution in [1.29, 1.82) is 0 Å². The molecular weight excluding hydrogens is 159 g/mol. The molecule has 6 heteroatoms. The summed E-state index contributed by atoms with van der Waals surface area (Å²) in [6, 6.07) is -1.66. The molecule has 0 saturated carbocycles. The van der Waals surface area contributed by atoms with E-state index in [-0.39, 0.29) is 5.96 Å². The number of nitrogens with one attached hydrogen (secondary N) is 1. The molecule has 0 aromatic heterocycles. The summed E-state index contributed by atoms with van der Waals surface area (Å²) in [4.78, 5) is 3.33. The second-order valence-corrected chi connectivity index (χ2v) is 2.02. The van der Waals surface area contributed by atoms with E-state index in [0.29, 0.717) is 0 Å². The van der Waals surface area contributed by atoms with Crippen molar-refractivity contribution in [3.05, 3.63) is 0 Å². The Labute approximate surface area is 62.5 Å². The first-order valence-electron chi connectivity index (χ1n) is 2.93. The first kappa shape index (κ1) is 10.1. The smallest absolute Gasteiger partial charge is 0.370 e. The number of alkyl halides is 3. The van der Waals surface area contributed by atoms with Crippen LogP contribution in [0.3, 0.4) is 0 Å². The van der Waals surface area contributed by atoms with Gasteiger partial charge in [-0.25, -0.2) is 0 Å². The molecule has 0 saturated heterocycles. The normalized spacial score (nSPS) is 16.3. The Hall–Kier alpha value is -0.940. The van der Waals surface area contributed by atoms with E-state index in [1.54, 1.807) is 0 Å². The molecule has 0 aliphatic carbocycles. The largest absolute Gasteiger partial charge is 0.408 e. The Morgan fingerprint density at radius 3 is 2.27 bits per heavy atom. The lowest BCUT2D eigenvalue weighted by molar-refractivity contribution is -0.147. The maximum atomic E-state index is 11.8. The molecule has 1 atom stereocenters. The van der Waals surface area contributed by atoms with Crippen LogP contribution in [0.5, 0.6) is 0 Å². The Balaban J connectivity index is 3.98. The molecule has 0 amide bonds. The number of rotatable bonds is 1. The van der Waals surface area contributed by atoms with Gasteiger partial charge in [-0.05, 0) is 6.92 Å². The predicted molar refractivity (Wildman–Crippen MR) is 36.2 cm³/mol. The van der Waals surface area contributed by atoms with Crippen LogP contribution in [-0.2, 0) is 0 Å². The molecule has 3 N–H and O–H groups in total. The molecule has 0 aliphatic rings. The number of guanidine groups is 1. The van der Waals surface area contributed by atoms with E-state index in [1.807, 2.05) is 5.32 Å². The van der Waals surface area contributed by atoms with Crippen LogP contribution in [0, 0.1) is 0 Å². The molecule has 0 spiro atoms. The van der Waals surface area contributed by atoms with E-state index in [4.69, 9.17) is 5.73 Å². The maximum absolute atomic E-state index is 11.8. The van der Waals surface area contributed by atoms with Crippen LogP contribution in [0.4, 0.5) is 13.2 Å². The lowest BCUT2D eigenvalue weighted by Gasteiger charge is -2.16. The van der Waals surface area contributed by atoms with Crippen LogP contribution in [0.15, 0.2) is 4.99 Å². The minimum Gasteiger partial charge on any atom is -0.370 e. The molecule has 0 aromatic carbocycles. The second-order valence-electron chi connectivity index (χ2n) is 2.02. The summed E-state index contributed by atoms with van der Waals surface area (Å²) in [6.45, 7) is 0.970. The number of halogens is 3. The van der Waals surface area contributed by atoms with Gasteiger partial charge in [-0.1, -0.05) is 0 Å². The third-order valence-corrected chi connectivity index (χ3v) is 1.10. The molecule has 11 heavy (non-hydrogen) atoms. The Morgan fingerprint density at radius 2 is 2.00 bits per heavy atom. The van der Waals surface area contributed by atoms with Crippen LogP contribution in [0.2, 0.25) is 0 Å². The predicted octanol–water partition coefficient (Wildman–Crippen LogP) is 0.471. The quantitative estimate of drug-likeness (QED) is 0.443. The van der Waals surface area contributed by atoms with Crippen molar-refractivity contribution in [3.63, 3.8) is 0 Å². The fourth-order valence-electron chi connectivity index (χ4n) is 0.368. The molecule has 0 fully saturated rings. The molecule has 0 heterocycles. The molecular formula is C5H10F3N3. The van der Waals surface area contributed by atoms with Crippen molar-refractivity contribution in [3.8, 4) is 0 Å². The molecule has 0 aliphatic heterocycles. The molecule has 0 rings (SSSR count). The summed E-state index contributed by atoms with van der Waals surface area (Å²) in [5, 5.41) is 1.97. The zero-order valence-corrected chi connectivity index (χ0v) is 6.24. The van der Waals surface area contributed by atoms with Gasteiger partial charge in [0.05, 0.1) is 0 Å². The number of aliphatic imine (C=N–C) groups is 1. The Morgan fingerprint density at radius 1 is 1.55 bits per heavy atom. The van der Waals surface area contributed by atoms with Gasteiger partial charge in [-0.15, -0.1) is 0 Å². The van der Waals surface area contributed by atoms with E-state index in [0.717, 1.165) is 6.92 Å². The first-order chi connectivity index (χ1) is 4.88. The fourth-order valence-corrected chi connectivity index (χ4v) is 0.368. The average Bonchev–Trinajstić information content (AvgIpc) is 1.85. The summed E-state index contributed by atoms with van der Waals surface area (Å²) in [6.07, 6.45) is -4.28. The van der Waals surface area contributed by atoms with Crippen LogP contribution >= 0.6 is 0 Å². The van der Waals surface area contributed by atoms with Crippen LogP contribution in [0.25, 0.3) is 0 Å². The third-order valence-electron chi connectivity index (χ3n) is 1.10. The summed E-state index contributed by atoms with van der Waals surface area (Å²) >= 11 is 0. The van der Waals surface area contributed by atoms with Crippen molar-refractivity contribution in [2.75, 3.05) is 7.05 Å². The first-order valence-corrected chi connectivity index (χ1v) is 2.93. The van der Waals surface area contributed by atoms with Crippen molar-refractivity contribution < 1.29 is 13.2 Å². The number of hydrogen-bond donors (Lipinski definition) is 2. The molecule has 1 unspecified atom stereocenters. The van der Waals surface area contributed by atoms with Crippen LogP contribution < -0.4 is 11.1 Å². The highest BCUT2D eigenvalue weighted by molar-refractivity contribution is 5.77. The molecule has 66 valence electrons. The lowest BCUT2D eigenvalue weighted by atomic mass is 10.3. The molecule has 0 bridgehead atoms. The van der Waals surface area contributed by atoms with E-state index < -0.39 is 12.2 Å². The lowest BCUT2D eigenvalue weighted by Crippen LogP contribution is -2.46. The number of nitrogens with two attached hydrogens (primary N) is 1. The zero-order chi connectivity index (χ0) is 9.07. The van der Waals surface area contributed by atoms with Crippen molar-refractivity contribution >= 4 is 5.96 Å². The Bertz CT molecular complexity index is 152. The highest BCUT2D eigenvalue weighted by Crippen LogP contribution is 2.18. The SMILES string of the molecule is CN=C(N)NC(C)C(F)(F)F. The third kappa shape index (κ3) is 3.69. The van der Waals surface area contributed by atoms with Crippen molar-refractivity contribution in [2.45, 2.75) is 19.1 Å². The van der Waals surface area contributed by atoms with Gasteiger partial charge < -0.3 is 11.1 Å². The highest BCUT2D eigenvalue weighted by Gasteiger charge is 2.36. The van der Waals surface area contributed by atoms with Gasteiger partial charge in [-0.2, -0.15) is 13.2 Å². The van der Waals surface area contributed by atoms with Crippen LogP contribution in [0.1, 0.15) is 6.92 Å². The summed E-state index contributed by atoms with van der Waals surface area (Å²) in [5.74, 6) is -0.213. The zero-order valence-electron chi connectivity index (χ0n) is 6.24. The second kappa shape index (κ2) is 3.45. The summed E-state index contributed by atoms with van der Waals surface area (Å²) < 4.78 is 35.3. The Kier molecular flexibility index (Phi) is 3.16. The van der Waals surface area contributed by atoms with Gasteiger partial charge in [-0.3, -0.25) is 4.99 Å². The van der Waals surface area contributed by atoms with Gasteiger partial charge in [0.25, 0.3) is 0 Å². The van der Waals surface area contributed by atoms with Gasteiger partial charge >= 0.3 is 6.18 Å². The van der Waals surface area contributed by atoms with E-state index in [2.05, 4.69) is 4.99 Å². The minimum absolute atomic E-state index is 0.213. The van der Waals surface area contributed by atoms with Crippen LogP contribution in [-0.4, -0.2) is 25.2 Å². The van der Waals surface area contributed by atoms with Gasteiger partial charge in [0.15, 0.2) is 5.96 Å². The molecule has 0 aromatic rings. The minimum atomic E-state index is -4.28. The van der Waals surface area contributed by atoms with Gasteiger partial charge in [0.1, 0.15) is 6.04 Å². The maximum Gasteiger partial charge on any atom is 0.408 e. The number of nitrogens with zero attached hydrogens (tertiary/aromatic N) is 1. The summed E-state index contributed by atoms with van der Waals surface area (Å²) in [5.41, 5.74) is 5.01. The van der Waals surface area contributed by atoms with Gasteiger partial charge in [0, 0.05) is 7.05 Å². The topological polar surface area (TPSA) is 50.4 Å². The molecule has 0 radical (unpaired) electrons. The summed E-state index contributed by atoms with van der Waals surface area (Å²) in [7, 11) is 1.31. The van der Waals surface area contributed by atoms with E-state index in [1.165, 1.54) is 7.05 Å². The van der Waals surface area contributed by atoms with E-state index >= 15 is 0 Å². The number of hydrogen-bond acceptors (Lipinski definition) is 1. The van der Waals surface area contributed by atoms with Crippen molar-refractivity contribution in [1.82, 2.24) is 5.32 Å². The average molecular weight is 169 g/mol. The molecule has 3 nitrogen and oxygen atoms in total. The van der Waals surface area contributed by atoms with Crippen molar-refractivity contribution in [2.24, 2.45) is 10.7 Å². The van der Waals surface area contributed by atoms with E-state index in [9.17, 15) is 13.2 Å². The fraction of sp³-hybridized carbons (Fsp3) is 0.800. The highest BCUT2D eigenvalue weighted by atomic mass is 19.4. The standard InChI is InChI=1S/C5H10F3N3/c1-3(5(6,7)8)11-4(9)10-2/h3H,1-2H3,(H3,9,10,11). The van der Waals surface area contributed by atoms with Gasteiger partial charge in [0.2, 0.25) is 0 Å². The monoisotopic (exact) mass is 169 g/mol.